The summed E-state index contributed by atoms with van der Waals surface area (Å²) in [6.07, 6.45) is 4.10. The highest BCUT2D eigenvalue weighted by Crippen LogP contribution is 2.20. The van der Waals surface area contributed by atoms with Crippen molar-refractivity contribution < 1.29 is 9.26 Å². The van der Waals surface area contributed by atoms with Gasteiger partial charge < -0.3 is 14.6 Å². The Hall–Kier alpha value is -0.940. The van der Waals surface area contributed by atoms with Gasteiger partial charge in [0.1, 0.15) is 0 Å². The highest BCUT2D eigenvalue weighted by Gasteiger charge is 2.20. The summed E-state index contributed by atoms with van der Waals surface area (Å²) in [5.74, 6) is 1.96. The zero-order valence-corrected chi connectivity index (χ0v) is 10.4. The van der Waals surface area contributed by atoms with E-state index in [9.17, 15) is 0 Å². The van der Waals surface area contributed by atoms with Crippen LogP contribution in [0.15, 0.2) is 4.52 Å². The predicted octanol–water partition coefficient (Wildman–Crippen LogP) is 1.51. The van der Waals surface area contributed by atoms with Crippen molar-refractivity contribution in [3.05, 3.63) is 11.7 Å². The molecule has 1 atom stereocenters. The molecule has 1 aromatic rings. The second kappa shape index (κ2) is 6.71. The molecule has 5 heteroatoms. The van der Waals surface area contributed by atoms with Crippen molar-refractivity contribution in [2.75, 3.05) is 26.3 Å². The van der Waals surface area contributed by atoms with Crippen LogP contribution in [0.25, 0.3) is 0 Å². The highest BCUT2D eigenvalue weighted by molar-refractivity contribution is 4.98. The normalized spacial score (nSPS) is 20.6. The van der Waals surface area contributed by atoms with Crippen LogP contribution in [0.1, 0.15) is 43.8 Å². The first-order chi connectivity index (χ1) is 8.40. The highest BCUT2D eigenvalue weighted by atomic mass is 16.5. The SMILES string of the molecule is CCCOCCc1nc(C2CCCNC2)no1. The Balaban J connectivity index is 1.78. The van der Waals surface area contributed by atoms with Gasteiger partial charge in [0.25, 0.3) is 0 Å². The predicted molar refractivity (Wildman–Crippen MR) is 64.0 cm³/mol. The third kappa shape index (κ3) is 3.78. The molecule has 0 radical (unpaired) electrons. The van der Waals surface area contributed by atoms with Crippen molar-refractivity contribution in [1.29, 1.82) is 0 Å². The van der Waals surface area contributed by atoms with Crippen LogP contribution in [0.3, 0.4) is 0 Å². The lowest BCUT2D eigenvalue weighted by molar-refractivity contribution is 0.132. The quantitative estimate of drug-likeness (QED) is 0.762. The number of nitrogens with one attached hydrogen (secondary N) is 1. The molecule has 1 aliphatic rings. The second-order valence-electron chi connectivity index (χ2n) is 4.45. The monoisotopic (exact) mass is 239 g/mol. The first-order valence-electron chi connectivity index (χ1n) is 6.51. The van der Waals surface area contributed by atoms with Gasteiger partial charge in [0.15, 0.2) is 5.82 Å². The molecule has 1 saturated heterocycles. The number of hydrogen-bond donors (Lipinski definition) is 1. The molecule has 1 N–H and O–H groups in total. The molecule has 0 bridgehead atoms. The van der Waals surface area contributed by atoms with E-state index in [2.05, 4.69) is 22.4 Å². The number of nitrogens with zero attached hydrogens (tertiary/aromatic N) is 2. The molecule has 0 saturated carbocycles. The van der Waals surface area contributed by atoms with Gasteiger partial charge >= 0.3 is 0 Å². The van der Waals surface area contributed by atoms with Gasteiger partial charge in [-0.2, -0.15) is 4.98 Å². The summed E-state index contributed by atoms with van der Waals surface area (Å²) >= 11 is 0. The average molecular weight is 239 g/mol. The molecule has 2 heterocycles. The number of piperidine rings is 1. The van der Waals surface area contributed by atoms with Crippen molar-refractivity contribution >= 4 is 0 Å². The van der Waals surface area contributed by atoms with E-state index in [4.69, 9.17) is 9.26 Å². The van der Waals surface area contributed by atoms with Crippen LogP contribution in [0.5, 0.6) is 0 Å². The lowest BCUT2D eigenvalue weighted by Crippen LogP contribution is -2.28. The maximum atomic E-state index is 5.40. The van der Waals surface area contributed by atoms with E-state index in [1.54, 1.807) is 0 Å². The van der Waals surface area contributed by atoms with Gasteiger partial charge in [-0.25, -0.2) is 0 Å². The molecule has 2 rings (SSSR count). The number of ether oxygens (including phenoxy) is 1. The zero-order chi connectivity index (χ0) is 11.9. The van der Waals surface area contributed by atoms with Gasteiger partial charge in [0.05, 0.1) is 13.0 Å². The van der Waals surface area contributed by atoms with Crippen LogP contribution in [0, 0.1) is 0 Å². The summed E-state index contributed by atoms with van der Waals surface area (Å²) in [5.41, 5.74) is 0. The first-order valence-corrected chi connectivity index (χ1v) is 6.51. The van der Waals surface area contributed by atoms with Gasteiger partial charge in [-0.3, -0.25) is 0 Å². The molecule has 0 aromatic carbocycles. The van der Waals surface area contributed by atoms with Gasteiger partial charge in [-0.05, 0) is 25.8 Å². The van der Waals surface area contributed by atoms with Crippen LogP contribution in [-0.2, 0) is 11.2 Å². The summed E-state index contributed by atoms with van der Waals surface area (Å²) in [6.45, 7) is 5.63. The Morgan fingerprint density at radius 2 is 2.41 bits per heavy atom. The van der Waals surface area contributed by atoms with E-state index in [1.807, 2.05) is 0 Å². The fourth-order valence-corrected chi connectivity index (χ4v) is 2.01. The van der Waals surface area contributed by atoms with Gasteiger partial charge in [-0.15, -0.1) is 0 Å². The molecule has 5 nitrogen and oxygen atoms in total. The van der Waals surface area contributed by atoms with Crippen molar-refractivity contribution in [2.24, 2.45) is 0 Å². The van der Waals surface area contributed by atoms with Crippen molar-refractivity contribution in [2.45, 2.75) is 38.5 Å². The summed E-state index contributed by atoms with van der Waals surface area (Å²) < 4.78 is 10.6. The molecule has 1 aromatic heterocycles. The van der Waals surface area contributed by atoms with E-state index >= 15 is 0 Å². The Kier molecular flexibility index (Phi) is 4.94. The largest absolute Gasteiger partial charge is 0.381 e. The first kappa shape index (κ1) is 12.5. The summed E-state index contributed by atoms with van der Waals surface area (Å²) in [6, 6.07) is 0. The molecule has 1 unspecified atom stereocenters. The standard InChI is InChI=1S/C12H21N3O2/c1-2-7-16-8-5-11-14-12(15-17-11)10-4-3-6-13-9-10/h10,13H,2-9H2,1H3. The molecule has 96 valence electrons. The maximum Gasteiger partial charge on any atom is 0.228 e. The van der Waals surface area contributed by atoms with Crippen LogP contribution in [0.4, 0.5) is 0 Å². The topological polar surface area (TPSA) is 60.2 Å². The van der Waals surface area contributed by atoms with Gasteiger partial charge in [-0.1, -0.05) is 12.1 Å². The smallest absolute Gasteiger partial charge is 0.228 e. The minimum atomic E-state index is 0.415. The minimum absolute atomic E-state index is 0.415. The van der Waals surface area contributed by atoms with Crippen LogP contribution in [0.2, 0.25) is 0 Å². The molecular formula is C12H21N3O2. The van der Waals surface area contributed by atoms with Crippen molar-refractivity contribution in [3.63, 3.8) is 0 Å². The molecule has 1 fully saturated rings. The summed E-state index contributed by atoms with van der Waals surface area (Å²) in [7, 11) is 0. The van der Waals surface area contributed by atoms with Gasteiger partial charge in [0, 0.05) is 19.1 Å². The second-order valence-corrected chi connectivity index (χ2v) is 4.45. The van der Waals surface area contributed by atoms with E-state index < -0.39 is 0 Å². The lowest BCUT2D eigenvalue weighted by Gasteiger charge is -2.19. The fourth-order valence-electron chi connectivity index (χ4n) is 2.01. The molecule has 0 aliphatic carbocycles. The summed E-state index contributed by atoms with van der Waals surface area (Å²) in [5, 5.41) is 7.41. The fraction of sp³-hybridized carbons (Fsp3) is 0.833. The van der Waals surface area contributed by atoms with Gasteiger partial charge in [0.2, 0.25) is 5.89 Å². The maximum absolute atomic E-state index is 5.40. The number of hydrogen-bond acceptors (Lipinski definition) is 5. The van der Waals surface area contributed by atoms with E-state index in [0.29, 0.717) is 24.8 Å². The van der Waals surface area contributed by atoms with Crippen molar-refractivity contribution in [1.82, 2.24) is 15.5 Å². The van der Waals surface area contributed by atoms with E-state index in [0.717, 1.165) is 38.4 Å². The molecule has 0 spiro atoms. The number of rotatable bonds is 6. The summed E-state index contributed by atoms with van der Waals surface area (Å²) in [4.78, 5) is 4.43. The lowest BCUT2D eigenvalue weighted by atomic mass is 9.99. The van der Waals surface area contributed by atoms with Crippen molar-refractivity contribution in [3.8, 4) is 0 Å². The zero-order valence-electron chi connectivity index (χ0n) is 10.4. The van der Waals surface area contributed by atoms with E-state index in [-0.39, 0.29) is 0 Å². The third-order valence-corrected chi connectivity index (χ3v) is 2.95. The Morgan fingerprint density at radius 3 is 3.18 bits per heavy atom. The van der Waals surface area contributed by atoms with E-state index in [1.165, 1.54) is 6.42 Å². The molecule has 0 amide bonds. The molecular weight excluding hydrogens is 218 g/mol. The molecule has 17 heavy (non-hydrogen) atoms. The van der Waals surface area contributed by atoms with Crippen LogP contribution >= 0.6 is 0 Å². The number of aromatic nitrogens is 2. The van der Waals surface area contributed by atoms with Crippen LogP contribution in [-0.4, -0.2) is 36.4 Å². The van der Waals surface area contributed by atoms with Crippen LogP contribution < -0.4 is 5.32 Å². The molecule has 1 aliphatic heterocycles. The third-order valence-electron chi connectivity index (χ3n) is 2.95. The Bertz CT molecular complexity index is 321. The Labute approximate surface area is 102 Å². The minimum Gasteiger partial charge on any atom is -0.381 e. The Morgan fingerprint density at radius 1 is 1.47 bits per heavy atom. The average Bonchev–Trinajstić information content (AvgIpc) is 2.85.